The standard InChI is InChI=1S/C26H27ClF2N4O3/c1-16(34)30-25-10-23(27)24(29)9-19(25)5-8-26(36)33-21-12-31(11-18-3-6-20(28)7-4-18)13-22(33)15-32(14-21)17(2)35/h3-10,21-22H,11-15H2,1-2H3,(H,30,34)/b8-5+. The van der Waals surface area contributed by atoms with Crippen molar-refractivity contribution in [3.05, 3.63) is 70.3 Å². The van der Waals surface area contributed by atoms with Gasteiger partial charge in [0.25, 0.3) is 0 Å². The van der Waals surface area contributed by atoms with Gasteiger partial charge in [-0.3, -0.25) is 19.3 Å². The number of carbonyl (C=O) groups is 3. The van der Waals surface area contributed by atoms with E-state index in [4.69, 9.17) is 11.6 Å². The van der Waals surface area contributed by atoms with Crippen LogP contribution in [0.15, 0.2) is 42.5 Å². The van der Waals surface area contributed by atoms with Gasteiger partial charge in [-0.2, -0.15) is 0 Å². The molecule has 10 heteroatoms. The fraction of sp³-hybridized carbons (Fsp3) is 0.346. The lowest BCUT2D eigenvalue weighted by molar-refractivity contribution is -0.149. The Bertz CT molecular complexity index is 1190. The lowest BCUT2D eigenvalue weighted by atomic mass is 9.98. The van der Waals surface area contributed by atoms with Crippen molar-refractivity contribution in [2.75, 3.05) is 31.5 Å². The number of fused-ring (bicyclic) bond motifs is 2. The number of carbonyl (C=O) groups excluding carboxylic acids is 3. The van der Waals surface area contributed by atoms with Crippen LogP contribution in [0.4, 0.5) is 14.5 Å². The molecular weight excluding hydrogens is 490 g/mol. The highest BCUT2D eigenvalue weighted by molar-refractivity contribution is 6.31. The molecule has 2 heterocycles. The molecule has 0 saturated carbocycles. The van der Waals surface area contributed by atoms with Crippen LogP contribution in [-0.2, 0) is 20.9 Å². The molecule has 0 spiro atoms. The first-order chi connectivity index (χ1) is 17.1. The van der Waals surface area contributed by atoms with Crippen molar-refractivity contribution in [1.82, 2.24) is 14.7 Å². The Morgan fingerprint density at radius 3 is 2.25 bits per heavy atom. The Hall–Kier alpha value is -3.30. The Kier molecular flexibility index (Phi) is 7.70. The second-order valence-electron chi connectivity index (χ2n) is 9.17. The van der Waals surface area contributed by atoms with Crippen LogP contribution < -0.4 is 5.32 Å². The third-order valence-electron chi connectivity index (χ3n) is 6.41. The maximum absolute atomic E-state index is 14.1. The summed E-state index contributed by atoms with van der Waals surface area (Å²) in [6.45, 7) is 5.34. The minimum atomic E-state index is -0.666. The molecule has 2 aromatic rings. The molecule has 0 aromatic heterocycles. The Morgan fingerprint density at radius 1 is 1.03 bits per heavy atom. The van der Waals surface area contributed by atoms with Gasteiger partial charge in [0.2, 0.25) is 17.7 Å². The molecule has 4 rings (SSSR count). The smallest absolute Gasteiger partial charge is 0.247 e. The van der Waals surface area contributed by atoms with Gasteiger partial charge >= 0.3 is 0 Å². The zero-order valence-electron chi connectivity index (χ0n) is 20.0. The molecule has 2 aromatic carbocycles. The highest BCUT2D eigenvalue weighted by Gasteiger charge is 2.42. The first kappa shape index (κ1) is 25.8. The first-order valence-corrected chi connectivity index (χ1v) is 12.0. The molecule has 2 aliphatic rings. The van der Waals surface area contributed by atoms with E-state index in [9.17, 15) is 23.2 Å². The van der Waals surface area contributed by atoms with Crippen molar-refractivity contribution >= 4 is 41.1 Å². The predicted molar refractivity (Wildman–Crippen MR) is 133 cm³/mol. The molecule has 36 heavy (non-hydrogen) atoms. The Labute approximate surface area is 213 Å². The van der Waals surface area contributed by atoms with Crippen molar-refractivity contribution in [2.45, 2.75) is 32.5 Å². The van der Waals surface area contributed by atoms with Crippen LogP contribution in [0.1, 0.15) is 25.0 Å². The Balaban J connectivity index is 1.54. The normalized spacial score (nSPS) is 20.0. The maximum Gasteiger partial charge on any atom is 0.247 e. The second-order valence-corrected chi connectivity index (χ2v) is 9.57. The van der Waals surface area contributed by atoms with Crippen LogP contribution in [0, 0.1) is 11.6 Å². The van der Waals surface area contributed by atoms with Crippen LogP contribution >= 0.6 is 11.6 Å². The van der Waals surface area contributed by atoms with Gasteiger partial charge in [-0.25, -0.2) is 8.78 Å². The zero-order chi connectivity index (χ0) is 26.0. The van der Waals surface area contributed by atoms with Crippen molar-refractivity contribution in [3.8, 4) is 0 Å². The molecule has 2 atom stereocenters. The van der Waals surface area contributed by atoms with Crippen LogP contribution in [0.3, 0.4) is 0 Å². The average Bonchev–Trinajstić information content (AvgIpc) is 2.80. The van der Waals surface area contributed by atoms with Crippen molar-refractivity contribution in [1.29, 1.82) is 0 Å². The molecule has 2 fully saturated rings. The molecule has 190 valence electrons. The summed E-state index contributed by atoms with van der Waals surface area (Å²) in [6, 6.07) is 8.31. The average molecular weight is 517 g/mol. The summed E-state index contributed by atoms with van der Waals surface area (Å²) in [7, 11) is 0. The van der Waals surface area contributed by atoms with Crippen molar-refractivity contribution < 1.29 is 23.2 Å². The monoisotopic (exact) mass is 516 g/mol. The van der Waals surface area contributed by atoms with E-state index in [-0.39, 0.29) is 40.6 Å². The van der Waals surface area contributed by atoms with Crippen LogP contribution in [-0.4, -0.2) is 70.7 Å². The lowest BCUT2D eigenvalue weighted by Crippen LogP contribution is -2.69. The molecule has 2 saturated heterocycles. The molecule has 2 bridgehead atoms. The summed E-state index contributed by atoms with van der Waals surface area (Å²) in [5.41, 5.74) is 1.57. The number of hydrogen-bond acceptors (Lipinski definition) is 4. The number of piperazine rings is 2. The maximum atomic E-state index is 14.1. The van der Waals surface area contributed by atoms with Gasteiger partial charge in [0, 0.05) is 63.9 Å². The molecule has 2 aliphatic heterocycles. The van der Waals surface area contributed by atoms with Crippen LogP contribution in [0.25, 0.3) is 6.08 Å². The molecule has 3 amide bonds. The number of amides is 3. The van der Waals surface area contributed by atoms with Gasteiger partial charge in [0.05, 0.1) is 17.1 Å². The van der Waals surface area contributed by atoms with E-state index >= 15 is 0 Å². The van der Waals surface area contributed by atoms with E-state index < -0.39 is 5.82 Å². The van der Waals surface area contributed by atoms with E-state index in [1.54, 1.807) is 21.9 Å². The van der Waals surface area contributed by atoms with E-state index in [2.05, 4.69) is 10.2 Å². The Morgan fingerprint density at radius 2 is 1.67 bits per heavy atom. The van der Waals surface area contributed by atoms with Gasteiger partial charge in [-0.05, 0) is 35.9 Å². The van der Waals surface area contributed by atoms with Crippen LogP contribution in [0.2, 0.25) is 5.02 Å². The molecule has 7 nitrogen and oxygen atoms in total. The third kappa shape index (κ3) is 5.91. The molecule has 0 radical (unpaired) electrons. The topological polar surface area (TPSA) is 73.0 Å². The van der Waals surface area contributed by atoms with E-state index in [0.29, 0.717) is 44.0 Å². The zero-order valence-corrected chi connectivity index (χ0v) is 20.8. The quantitative estimate of drug-likeness (QED) is 0.617. The number of anilines is 1. The minimum Gasteiger partial charge on any atom is -0.339 e. The summed E-state index contributed by atoms with van der Waals surface area (Å²) >= 11 is 5.86. The number of hydrogen-bond donors (Lipinski definition) is 1. The van der Waals surface area contributed by atoms with E-state index in [1.807, 2.05) is 0 Å². The number of nitrogens with one attached hydrogen (secondary N) is 1. The van der Waals surface area contributed by atoms with Gasteiger partial charge in [-0.1, -0.05) is 23.7 Å². The van der Waals surface area contributed by atoms with Crippen molar-refractivity contribution in [2.24, 2.45) is 0 Å². The number of nitrogens with zero attached hydrogens (tertiary/aromatic N) is 3. The molecule has 1 N–H and O–H groups in total. The van der Waals surface area contributed by atoms with E-state index in [1.165, 1.54) is 44.2 Å². The largest absolute Gasteiger partial charge is 0.339 e. The SMILES string of the molecule is CC(=O)Nc1cc(Cl)c(F)cc1/C=C/C(=O)N1C2CN(Cc3ccc(F)cc3)CC1CN(C(C)=O)C2. The highest BCUT2D eigenvalue weighted by Crippen LogP contribution is 2.28. The minimum absolute atomic E-state index is 0.0452. The number of rotatable bonds is 5. The van der Waals surface area contributed by atoms with Gasteiger partial charge in [0.15, 0.2) is 0 Å². The van der Waals surface area contributed by atoms with Gasteiger partial charge in [-0.15, -0.1) is 0 Å². The van der Waals surface area contributed by atoms with E-state index in [0.717, 1.165) is 11.6 Å². The molecular formula is C26H27ClF2N4O3. The third-order valence-corrected chi connectivity index (χ3v) is 6.70. The first-order valence-electron chi connectivity index (χ1n) is 11.6. The van der Waals surface area contributed by atoms with Crippen LogP contribution in [0.5, 0.6) is 0 Å². The summed E-state index contributed by atoms with van der Waals surface area (Å²) in [4.78, 5) is 42.7. The fourth-order valence-corrected chi connectivity index (χ4v) is 5.02. The second kappa shape index (κ2) is 10.8. The van der Waals surface area contributed by atoms with Gasteiger partial charge < -0.3 is 15.1 Å². The van der Waals surface area contributed by atoms with Gasteiger partial charge in [0.1, 0.15) is 11.6 Å². The predicted octanol–water partition coefficient (Wildman–Crippen LogP) is 3.53. The summed E-state index contributed by atoms with van der Waals surface area (Å²) < 4.78 is 27.4. The number of benzene rings is 2. The molecule has 0 aliphatic carbocycles. The lowest BCUT2D eigenvalue weighted by Gasteiger charge is -2.52. The summed E-state index contributed by atoms with van der Waals surface area (Å²) in [5.74, 6) is -1.62. The highest BCUT2D eigenvalue weighted by atomic mass is 35.5. The number of halogens is 3. The summed E-state index contributed by atoms with van der Waals surface area (Å²) in [5, 5.41) is 2.45. The fourth-order valence-electron chi connectivity index (χ4n) is 4.86. The summed E-state index contributed by atoms with van der Waals surface area (Å²) in [6.07, 6.45) is 2.81. The molecule has 2 unspecified atom stereocenters. The van der Waals surface area contributed by atoms with Crippen molar-refractivity contribution in [3.63, 3.8) is 0 Å².